The topological polar surface area (TPSA) is 81.7 Å². The lowest BCUT2D eigenvalue weighted by Gasteiger charge is -2.47. The predicted octanol–water partition coefficient (Wildman–Crippen LogP) is 3.25. The lowest BCUT2D eigenvalue weighted by atomic mass is 9.67. The van der Waals surface area contributed by atoms with E-state index in [0.717, 1.165) is 30.6 Å². The number of aromatic hydroxyl groups is 1. The Kier molecular flexibility index (Phi) is 8.50. The second-order valence-corrected chi connectivity index (χ2v) is 9.31. The van der Waals surface area contributed by atoms with Gasteiger partial charge >= 0.3 is 0 Å². The van der Waals surface area contributed by atoms with Gasteiger partial charge < -0.3 is 15.7 Å². The highest BCUT2D eigenvalue weighted by Crippen LogP contribution is 2.40. The first-order valence-corrected chi connectivity index (χ1v) is 12.0. The molecule has 3 rings (SSSR count). The lowest BCUT2D eigenvalue weighted by Crippen LogP contribution is -2.56. The van der Waals surface area contributed by atoms with Gasteiger partial charge in [-0.15, -0.1) is 0 Å². The van der Waals surface area contributed by atoms with Crippen LogP contribution in [0.3, 0.4) is 0 Å². The molecule has 6 nitrogen and oxygen atoms in total. The van der Waals surface area contributed by atoms with Gasteiger partial charge in [-0.05, 0) is 60.9 Å². The van der Waals surface area contributed by atoms with E-state index in [9.17, 15) is 14.7 Å². The van der Waals surface area contributed by atoms with Gasteiger partial charge in [0.05, 0.1) is 6.04 Å². The molecule has 6 heteroatoms. The highest BCUT2D eigenvalue weighted by Gasteiger charge is 2.41. The van der Waals surface area contributed by atoms with Crippen molar-refractivity contribution >= 4 is 11.8 Å². The third kappa shape index (κ3) is 6.35. The molecule has 2 aromatic rings. The van der Waals surface area contributed by atoms with Crippen LogP contribution in [0.2, 0.25) is 0 Å². The summed E-state index contributed by atoms with van der Waals surface area (Å²) in [5.41, 5.74) is 2.19. The van der Waals surface area contributed by atoms with Crippen molar-refractivity contribution in [3.05, 3.63) is 65.7 Å². The van der Waals surface area contributed by atoms with Gasteiger partial charge in [0.1, 0.15) is 5.75 Å². The van der Waals surface area contributed by atoms with E-state index >= 15 is 0 Å². The van der Waals surface area contributed by atoms with E-state index in [-0.39, 0.29) is 35.4 Å². The van der Waals surface area contributed by atoms with Crippen LogP contribution in [0.1, 0.15) is 44.7 Å². The van der Waals surface area contributed by atoms with Gasteiger partial charge in [0.2, 0.25) is 11.8 Å². The Morgan fingerprint density at radius 3 is 2.58 bits per heavy atom. The number of carbonyl (C=O) groups excluding carboxylic acids is 2. The summed E-state index contributed by atoms with van der Waals surface area (Å²) in [4.78, 5) is 27.3. The Hall–Kier alpha value is -2.86. The second kappa shape index (κ2) is 11.3. The van der Waals surface area contributed by atoms with Crippen molar-refractivity contribution < 1.29 is 14.7 Å². The van der Waals surface area contributed by atoms with E-state index in [1.807, 2.05) is 37.3 Å². The Morgan fingerprint density at radius 2 is 1.91 bits per heavy atom. The molecule has 3 unspecified atom stereocenters. The zero-order valence-electron chi connectivity index (χ0n) is 20.0. The van der Waals surface area contributed by atoms with Crippen molar-refractivity contribution in [2.45, 2.75) is 51.5 Å². The molecular weight excluding hydrogens is 414 g/mol. The molecule has 3 N–H and O–H groups in total. The number of carbonyl (C=O) groups is 2. The number of benzene rings is 2. The van der Waals surface area contributed by atoms with Crippen LogP contribution in [0.5, 0.6) is 5.75 Å². The van der Waals surface area contributed by atoms with E-state index in [2.05, 4.69) is 47.6 Å². The molecule has 1 aliphatic heterocycles. The van der Waals surface area contributed by atoms with Gasteiger partial charge in [-0.3, -0.25) is 14.5 Å². The van der Waals surface area contributed by atoms with Crippen LogP contribution in [0.15, 0.2) is 54.6 Å². The van der Waals surface area contributed by atoms with E-state index in [1.54, 1.807) is 6.07 Å². The lowest BCUT2D eigenvalue weighted by molar-refractivity contribution is -0.127. The monoisotopic (exact) mass is 451 g/mol. The molecule has 33 heavy (non-hydrogen) atoms. The van der Waals surface area contributed by atoms with Crippen LogP contribution < -0.4 is 10.6 Å². The third-order valence-electron chi connectivity index (χ3n) is 7.06. The molecule has 3 atom stereocenters. The average Bonchev–Trinajstić information content (AvgIpc) is 2.80. The number of phenolic OH excluding ortho intramolecular Hbond substituents is 1. The van der Waals surface area contributed by atoms with Gasteiger partial charge in [-0.25, -0.2) is 0 Å². The first-order chi connectivity index (χ1) is 15.8. The maximum atomic E-state index is 13.3. The molecule has 1 fully saturated rings. The van der Waals surface area contributed by atoms with Gasteiger partial charge in [-0.1, -0.05) is 56.3 Å². The molecule has 0 bridgehead atoms. The Labute approximate surface area is 197 Å². The molecule has 0 spiro atoms. The third-order valence-corrected chi connectivity index (χ3v) is 7.06. The molecule has 1 aliphatic rings. The highest BCUT2D eigenvalue weighted by molar-refractivity contribution is 5.83. The zero-order valence-corrected chi connectivity index (χ0v) is 20.0. The van der Waals surface area contributed by atoms with Crippen molar-refractivity contribution in [2.24, 2.45) is 5.92 Å². The van der Waals surface area contributed by atoms with E-state index < -0.39 is 0 Å². The fourth-order valence-corrected chi connectivity index (χ4v) is 4.77. The zero-order chi connectivity index (χ0) is 23.8. The van der Waals surface area contributed by atoms with Gasteiger partial charge in [-0.2, -0.15) is 0 Å². The standard InChI is InChI=1S/C27H37N3O3/c1-4-28-25(32)13-15-29-26(33)24(17-21-9-6-5-7-10-21)30-16-14-27(3,20(2)19-30)22-11-8-12-23(31)18-22/h5-12,18,20,24,31H,4,13-17,19H2,1-3H3,(H,28,32)(H,29,33). The molecule has 2 aromatic carbocycles. The van der Waals surface area contributed by atoms with Crippen LogP contribution in [0.4, 0.5) is 0 Å². The number of likely N-dealkylation sites (tertiary alicyclic amines) is 1. The number of hydrogen-bond acceptors (Lipinski definition) is 4. The SMILES string of the molecule is CCNC(=O)CCNC(=O)C(Cc1ccccc1)N1CCC(C)(c2cccc(O)c2)C(C)C1. The van der Waals surface area contributed by atoms with Crippen LogP contribution in [0, 0.1) is 5.92 Å². The predicted molar refractivity (Wildman–Crippen MR) is 131 cm³/mol. The summed E-state index contributed by atoms with van der Waals surface area (Å²) >= 11 is 0. The number of piperidine rings is 1. The van der Waals surface area contributed by atoms with Crippen molar-refractivity contribution in [3.63, 3.8) is 0 Å². The second-order valence-electron chi connectivity index (χ2n) is 9.31. The van der Waals surface area contributed by atoms with Gasteiger partial charge in [0, 0.05) is 26.1 Å². The normalized spacial score (nSPS) is 21.8. The number of amides is 2. The largest absolute Gasteiger partial charge is 0.508 e. The van der Waals surface area contributed by atoms with Crippen LogP contribution >= 0.6 is 0 Å². The van der Waals surface area contributed by atoms with Gasteiger partial charge in [0.15, 0.2) is 0 Å². The summed E-state index contributed by atoms with van der Waals surface area (Å²) in [6.07, 6.45) is 1.81. The first-order valence-electron chi connectivity index (χ1n) is 12.0. The Balaban J connectivity index is 1.72. The fraction of sp³-hybridized carbons (Fsp3) is 0.481. The summed E-state index contributed by atoms with van der Waals surface area (Å²) < 4.78 is 0. The van der Waals surface area contributed by atoms with Crippen molar-refractivity contribution in [1.82, 2.24) is 15.5 Å². The highest BCUT2D eigenvalue weighted by atomic mass is 16.3. The minimum absolute atomic E-state index is 0.0312. The van der Waals surface area contributed by atoms with E-state index in [4.69, 9.17) is 0 Å². The summed E-state index contributed by atoms with van der Waals surface area (Å²) in [6.45, 7) is 8.86. The van der Waals surface area contributed by atoms with Crippen molar-refractivity contribution in [2.75, 3.05) is 26.2 Å². The number of nitrogens with zero attached hydrogens (tertiary/aromatic N) is 1. The van der Waals surface area contributed by atoms with Crippen LogP contribution in [-0.2, 0) is 21.4 Å². The molecular formula is C27H37N3O3. The molecule has 178 valence electrons. The molecule has 0 aromatic heterocycles. The molecule has 0 saturated carbocycles. The minimum atomic E-state index is -0.294. The van der Waals surface area contributed by atoms with Crippen molar-refractivity contribution in [3.8, 4) is 5.75 Å². The van der Waals surface area contributed by atoms with Crippen molar-refractivity contribution in [1.29, 1.82) is 0 Å². The molecule has 1 heterocycles. The molecule has 1 saturated heterocycles. The maximum Gasteiger partial charge on any atom is 0.237 e. The number of nitrogens with one attached hydrogen (secondary N) is 2. The molecule has 2 amide bonds. The Bertz CT molecular complexity index is 933. The summed E-state index contributed by atoms with van der Waals surface area (Å²) in [5.74, 6) is 0.508. The maximum absolute atomic E-state index is 13.3. The molecule has 0 radical (unpaired) electrons. The van der Waals surface area contributed by atoms with Crippen LogP contribution in [-0.4, -0.2) is 54.0 Å². The number of phenols is 1. The smallest absolute Gasteiger partial charge is 0.237 e. The number of hydrogen-bond donors (Lipinski definition) is 3. The van der Waals surface area contributed by atoms with E-state index in [0.29, 0.717) is 25.4 Å². The Morgan fingerprint density at radius 1 is 1.15 bits per heavy atom. The number of rotatable bonds is 9. The summed E-state index contributed by atoms with van der Waals surface area (Å²) in [7, 11) is 0. The fourth-order valence-electron chi connectivity index (χ4n) is 4.77. The summed E-state index contributed by atoms with van der Waals surface area (Å²) in [6, 6.07) is 17.3. The average molecular weight is 452 g/mol. The molecule has 0 aliphatic carbocycles. The quantitative estimate of drug-likeness (QED) is 0.547. The minimum Gasteiger partial charge on any atom is -0.508 e. The summed E-state index contributed by atoms with van der Waals surface area (Å²) in [5, 5.41) is 15.7. The first kappa shape index (κ1) is 24.8. The van der Waals surface area contributed by atoms with E-state index in [1.165, 1.54) is 0 Å². The van der Waals surface area contributed by atoms with Gasteiger partial charge in [0.25, 0.3) is 0 Å². The van der Waals surface area contributed by atoms with Crippen LogP contribution in [0.25, 0.3) is 0 Å².